The van der Waals surface area contributed by atoms with Gasteiger partial charge < -0.3 is 4.74 Å². The maximum atomic E-state index is 4.96. The molecule has 1 nitrogen and oxygen atoms in total. The fraction of sp³-hybridized carbons (Fsp3) is 0.800. The minimum Gasteiger partial charge on any atom is -0.385 e. The molecule has 0 saturated heterocycles. The van der Waals surface area contributed by atoms with Gasteiger partial charge in [0.1, 0.15) is 0 Å². The van der Waals surface area contributed by atoms with E-state index in [1.165, 1.54) is 32.1 Å². The van der Waals surface area contributed by atoms with Crippen LogP contribution in [0.25, 0.3) is 0 Å². The lowest BCUT2D eigenvalue weighted by Crippen LogP contribution is -1.87. The smallest absolute Gasteiger partial charge is 0.0462 e. The van der Waals surface area contributed by atoms with Crippen molar-refractivity contribution in [2.75, 3.05) is 13.7 Å². The first kappa shape index (κ1) is 10.7. The van der Waals surface area contributed by atoms with Crippen molar-refractivity contribution in [3.8, 4) is 0 Å². The van der Waals surface area contributed by atoms with Gasteiger partial charge in [0.25, 0.3) is 0 Å². The van der Waals surface area contributed by atoms with Gasteiger partial charge in [-0.2, -0.15) is 0 Å². The van der Waals surface area contributed by atoms with Gasteiger partial charge >= 0.3 is 0 Å². The first-order valence-corrected chi connectivity index (χ1v) is 4.52. The lowest BCUT2D eigenvalue weighted by molar-refractivity contribution is 0.192. The molecule has 0 bridgehead atoms. The van der Waals surface area contributed by atoms with Crippen molar-refractivity contribution in [1.29, 1.82) is 0 Å². The maximum Gasteiger partial charge on any atom is 0.0462 e. The molecule has 0 aromatic rings. The van der Waals surface area contributed by atoms with E-state index in [4.69, 9.17) is 4.74 Å². The van der Waals surface area contributed by atoms with Gasteiger partial charge in [-0.15, -0.1) is 0 Å². The molecule has 0 aromatic heterocycles. The molecule has 0 unspecified atom stereocenters. The first-order chi connectivity index (χ1) is 5.41. The van der Waals surface area contributed by atoms with Crippen LogP contribution in [0.5, 0.6) is 0 Å². The van der Waals surface area contributed by atoms with Crippen LogP contribution in [0.2, 0.25) is 0 Å². The van der Waals surface area contributed by atoms with Gasteiger partial charge in [0, 0.05) is 13.7 Å². The van der Waals surface area contributed by atoms with E-state index < -0.39 is 0 Å². The lowest BCUT2D eigenvalue weighted by atomic mass is 10.1. The van der Waals surface area contributed by atoms with E-state index in [1.54, 1.807) is 7.11 Å². The van der Waals surface area contributed by atoms with Crippen molar-refractivity contribution in [1.82, 2.24) is 0 Å². The summed E-state index contributed by atoms with van der Waals surface area (Å²) in [6.45, 7) is 2.99. The van der Waals surface area contributed by atoms with Crippen molar-refractivity contribution in [3.63, 3.8) is 0 Å². The summed E-state index contributed by atoms with van der Waals surface area (Å²) < 4.78 is 4.96. The number of rotatable bonds is 7. The highest BCUT2D eigenvalue weighted by molar-refractivity contribution is 4.76. The van der Waals surface area contributed by atoms with Crippen LogP contribution < -0.4 is 0 Å². The minimum absolute atomic E-state index is 0.920. The molecule has 0 aliphatic rings. The second-order valence-corrected chi connectivity index (χ2v) is 2.76. The lowest BCUT2D eigenvalue weighted by Gasteiger charge is -1.97. The third-order valence-corrected chi connectivity index (χ3v) is 1.70. The molecule has 1 heteroatoms. The second-order valence-electron chi connectivity index (χ2n) is 2.76. The minimum atomic E-state index is 0.920. The monoisotopic (exact) mass is 156 g/mol. The summed E-state index contributed by atoms with van der Waals surface area (Å²) in [6, 6.07) is 0. The largest absolute Gasteiger partial charge is 0.385 e. The Morgan fingerprint density at radius 1 is 1.09 bits per heavy atom. The molecule has 11 heavy (non-hydrogen) atoms. The molecular weight excluding hydrogens is 136 g/mol. The van der Waals surface area contributed by atoms with Gasteiger partial charge in [-0.05, 0) is 26.2 Å². The standard InChI is InChI=1S/C10H20O/c1-3-4-5-6-7-8-9-10-11-2/h3-4H,5-10H2,1-2H3. The van der Waals surface area contributed by atoms with Crippen molar-refractivity contribution >= 4 is 0 Å². The molecule has 0 aliphatic heterocycles. The molecule has 0 heterocycles. The van der Waals surface area contributed by atoms with E-state index in [-0.39, 0.29) is 0 Å². The van der Waals surface area contributed by atoms with Crippen LogP contribution in [0.4, 0.5) is 0 Å². The van der Waals surface area contributed by atoms with E-state index in [9.17, 15) is 0 Å². The Morgan fingerprint density at radius 2 is 1.82 bits per heavy atom. The molecule has 0 N–H and O–H groups in total. The quantitative estimate of drug-likeness (QED) is 0.406. The molecule has 0 aromatic carbocycles. The van der Waals surface area contributed by atoms with Crippen LogP contribution in [-0.4, -0.2) is 13.7 Å². The van der Waals surface area contributed by atoms with Crippen LogP contribution in [0.1, 0.15) is 39.0 Å². The van der Waals surface area contributed by atoms with Gasteiger partial charge in [0.2, 0.25) is 0 Å². The highest BCUT2D eigenvalue weighted by Crippen LogP contribution is 2.03. The zero-order valence-corrected chi connectivity index (χ0v) is 7.81. The van der Waals surface area contributed by atoms with Gasteiger partial charge in [-0.3, -0.25) is 0 Å². The molecule has 0 aliphatic carbocycles. The molecule has 66 valence electrons. The maximum absolute atomic E-state index is 4.96. The van der Waals surface area contributed by atoms with E-state index in [0.717, 1.165) is 6.61 Å². The van der Waals surface area contributed by atoms with E-state index in [0.29, 0.717) is 0 Å². The number of methoxy groups -OCH3 is 1. The number of hydrogen-bond donors (Lipinski definition) is 0. The van der Waals surface area contributed by atoms with Crippen molar-refractivity contribution in [3.05, 3.63) is 12.2 Å². The first-order valence-electron chi connectivity index (χ1n) is 4.52. The molecule has 0 fully saturated rings. The highest BCUT2D eigenvalue weighted by atomic mass is 16.5. The summed E-state index contributed by atoms with van der Waals surface area (Å²) in [4.78, 5) is 0. The Kier molecular flexibility index (Phi) is 9.44. The zero-order valence-electron chi connectivity index (χ0n) is 7.81. The summed E-state index contributed by atoms with van der Waals surface area (Å²) in [5.74, 6) is 0. The number of allylic oxidation sites excluding steroid dienone is 2. The fourth-order valence-corrected chi connectivity index (χ4v) is 1.03. The molecule has 0 spiro atoms. The van der Waals surface area contributed by atoms with E-state index in [2.05, 4.69) is 19.1 Å². The topological polar surface area (TPSA) is 9.23 Å². The van der Waals surface area contributed by atoms with Gasteiger partial charge in [0.15, 0.2) is 0 Å². The van der Waals surface area contributed by atoms with Crippen LogP contribution >= 0.6 is 0 Å². The summed E-state index contributed by atoms with van der Waals surface area (Å²) in [5, 5.41) is 0. The Morgan fingerprint density at radius 3 is 2.45 bits per heavy atom. The summed E-state index contributed by atoms with van der Waals surface area (Å²) in [5.41, 5.74) is 0. The molecule has 0 amide bonds. The Labute approximate surface area is 70.4 Å². The van der Waals surface area contributed by atoms with Crippen molar-refractivity contribution < 1.29 is 4.74 Å². The number of ether oxygens (including phenoxy) is 1. The Bertz CT molecular complexity index is 86.9. The van der Waals surface area contributed by atoms with Crippen LogP contribution in [0.15, 0.2) is 12.2 Å². The highest BCUT2D eigenvalue weighted by Gasteiger charge is 1.87. The normalized spacial score (nSPS) is 11.1. The zero-order chi connectivity index (χ0) is 8.36. The van der Waals surface area contributed by atoms with Crippen molar-refractivity contribution in [2.45, 2.75) is 39.0 Å². The van der Waals surface area contributed by atoms with Crippen LogP contribution in [0.3, 0.4) is 0 Å². The summed E-state index contributed by atoms with van der Waals surface area (Å²) >= 11 is 0. The van der Waals surface area contributed by atoms with Gasteiger partial charge in [0.05, 0.1) is 0 Å². The molecule has 0 rings (SSSR count). The SMILES string of the molecule is CC=CCCCCCCOC. The summed E-state index contributed by atoms with van der Waals surface area (Å²) in [6.07, 6.45) is 10.8. The average molecular weight is 156 g/mol. The van der Waals surface area contributed by atoms with E-state index in [1.807, 2.05) is 0 Å². The molecule has 0 radical (unpaired) electrons. The van der Waals surface area contributed by atoms with E-state index >= 15 is 0 Å². The fourth-order valence-electron chi connectivity index (χ4n) is 1.03. The van der Waals surface area contributed by atoms with Gasteiger partial charge in [-0.25, -0.2) is 0 Å². The summed E-state index contributed by atoms with van der Waals surface area (Å²) in [7, 11) is 1.76. The number of hydrogen-bond acceptors (Lipinski definition) is 1. The van der Waals surface area contributed by atoms with Crippen molar-refractivity contribution in [2.24, 2.45) is 0 Å². The van der Waals surface area contributed by atoms with Crippen LogP contribution in [-0.2, 0) is 4.74 Å². The van der Waals surface area contributed by atoms with Crippen LogP contribution in [0, 0.1) is 0 Å². The number of unbranched alkanes of at least 4 members (excludes halogenated alkanes) is 4. The Hall–Kier alpha value is -0.300. The predicted molar refractivity (Wildman–Crippen MR) is 49.8 cm³/mol. The Balaban J connectivity index is 2.79. The second kappa shape index (κ2) is 9.70. The molecule has 0 saturated carbocycles. The van der Waals surface area contributed by atoms with Gasteiger partial charge in [-0.1, -0.05) is 25.0 Å². The molecule has 0 atom stereocenters. The predicted octanol–water partition coefficient (Wildman–Crippen LogP) is 3.16. The average Bonchev–Trinajstić information content (AvgIpc) is 2.03. The third kappa shape index (κ3) is 9.70. The molecular formula is C10H20O. The third-order valence-electron chi connectivity index (χ3n) is 1.70.